The van der Waals surface area contributed by atoms with Crippen LogP contribution in [0.1, 0.15) is 111 Å². The molecular formula is C34H54FeP2. The van der Waals surface area contributed by atoms with E-state index in [1.807, 2.05) is 0 Å². The molecule has 2 saturated carbocycles. The second-order valence-corrected chi connectivity index (χ2v) is 19.9. The summed E-state index contributed by atoms with van der Waals surface area (Å²) >= 11 is 0. The molecule has 2 fully saturated rings. The van der Waals surface area contributed by atoms with Crippen molar-refractivity contribution in [3.8, 4) is 0 Å². The van der Waals surface area contributed by atoms with Crippen LogP contribution < -0.4 is 10.6 Å². The van der Waals surface area contributed by atoms with Crippen LogP contribution in [0.25, 0.3) is 0 Å². The predicted molar refractivity (Wildman–Crippen MR) is 169 cm³/mol. The van der Waals surface area contributed by atoms with Crippen LogP contribution in [0.3, 0.4) is 0 Å². The molecule has 0 nitrogen and oxygen atoms in total. The number of hydrogen-bond donors (Lipinski definition) is 0. The van der Waals surface area contributed by atoms with Crippen molar-refractivity contribution >= 4 is 26.5 Å². The van der Waals surface area contributed by atoms with E-state index in [-0.39, 0.29) is 32.9 Å². The van der Waals surface area contributed by atoms with Crippen LogP contribution in [0.15, 0.2) is 48.5 Å². The van der Waals surface area contributed by atoms with Crippen molar-refractivity contribution < 1.29 is 17.1 Å². The first-order valence-electron chi connectivity index (χ1n) is 14.6. The van der Waals surface area contributed by atoms with Crippen LogP contribution in [0.5, 0.6) is 0 Å². The van der Waals surface area contributed by atoms with Crippen LogP contribution >= 0.6 is 15.8 Å². The molecule has 2 aromatic carbocycles. The van der Waals surface area contributed by atoms with E-state index in [1.54, 1.807) is 10.6 Å². The Morgan fingerprint density at radius 3 is 1.43 bits per heavy atom. The minimum atomic E-state index is -0.378. The summed E-state index contributed by atoms with van der Waals surface area (Å²) in [6.07, 6.45) is 11.8. The maximum atomic E-state index is 2.60. The first kappa shape index (κ1) is 33.0. The van der Waals surface area contributed by atoms with Crippen LogP contribution in [0.4, 0.5) is 0 Å². The van der Waals surface area contributed by atoms with Gasteiger partial charge in [0.15, 0.2) is 0 Å². The molecule has 0 bridgehead atoms. The summed E-state index contributed by atoms with van der Waals surface area (Å²) in [5, 5.41) is 3.99. The third-order valence-corrected chi connectivity index (χ3v) is 15.8. The average molecular weight is 581 g/mol. The molecule has 0 radical (unpaired) electrons. The Balaban J connectivity index is 0.000000716. The van der Waals surface area contributed by atoms with Crippen LogP contribution in [0.2, 0.25) is 0 Å². The van der Waals surface area contributed by atoms with Gasteiger partial charge in [0.05, 0.1) is 0 Å². The van der Waals surface area contributed by atoms with Gasteiger partial charge in [-0.1, -0.05) is 143 Å². The Bertz CT molecular complexity index is 884. The van der Waals surface area contributed by atoms with Crippen molar-refractivity contribution in [3.63, 3.8) is 0 Å². The normalized spacial score (nSPS) is 20.9. The summed E-state index contributed by atoms with van der Waals surface area (Å²) < 4.78 is 0. The van der Waals surface area contributed by atoms with Crippen LogP contribution in [0, 0.1) is 19.8 Å². The Labute approximate surface area is 243 Å². The topological polar surface area (TPSA) is 0 Å². The Hall–Kier alpha value is -0.181. The van der Waals surface area contributed by atoms with E-state index in [0.29, 0.717) is 16.0 Å². The van der Waals surface area contributed by atoms with Crippen LogP contribution in [-0.4, -0.2) is 21.6 Å². The van der Waals surface area contributed by atoms with Crippen molar-refractivity contribution in [3.05, 3.63) is 59.7 Å². The van der Waals surface area contributed by atoms with Gasteiger partial charge in [0.25, 0.3) is 0 Å². The maximum absolute atomic E-state index is 2.60. The van der Waals surface area contributed by atoms with E-state index in [2.05, 4.69) is 111 Å². The molecule has 2 aromatic rings. The molecule has 2 aliphatic carbocycles. The Morgan fingerprint density at radius 1 is 0.649 bits per heavy atom. The number of hydrogen-bond acceptors (Lipinski definition) is 0. The molecule has 2 aliphatic rings. The fraction of sp³-hybridized carbons (Fsp3) is 0.647. The van der Waals surface area contributed by atoms with Crippen molar-refractivity contribution in [2.45, 2.75) is 135 Å². The van der Waals surface area contributed by atoms with E-state index in [4.69, 9.17) is 0 Å². The monoisotopic (exact) mass is 580 g/mol. The molecule has 0 saturated heterocycles. The minimum absolute atomic E-state index is 0. The number of benzene rings is 2. The first-order chi connectivity index (χ1) is 16.9. The quantitative estimate of drug-likeness (QED) is 0.244. The molecule has 0 aromatic heterocycles. The summed E-state index contributed by atoms with van der Waals surface area (Å²) in [5.74, 6) is 0.829. The van der Waals surface area contributed by atoms with Crippen molar-refractivity contribution in [2.75, 3.05) is 0 Å². The maximum Gasteiger partial charge on any atom is 0 e. The summed E-state index contributed by atoms with van der Waals surface area (Å²) in [7, 11) is -0.461. The summed E-state index contributed by atoms with van der Waals surface area (Å²) in [5.41, 5.74) is 4.52. The fourth-order valence-electron chi connectivity index (χ4n) is 7.16. The Morgan fingerprint density at radius 2 is 1.05 bits per heavy atom. The van der Waals surface area contributed by atoms with Gasteiger partial charge in [-0.25, -0.2) is 0 Å². The molecule has 4 rings (SSSR count). The van der Waals surface area contributed by atoms with E-state index >= 15 is 0 Å². The van der Waals surface area contributed by atoms with Gasteiger partial charge in [0, 0.05) is 17.1 Å². The van der Waals surface area contributed by atoms with Gasteiger partial charge in [0.2, 0.25) is 0 Å². The standard InChI is InChI=1S/C29H44P2.C5H10.Fe/c1-21-15-10-12-18-25(21)30(26-19-13-11-16-22(26)2)23(3)24-17-14-20-27(24)31(28(4,5)6)29(7,8)9;1-2-4-5-3-1;/h10-13,15-16,18-19,23-24,27H,14,17,20H2,1-9H3;1-5H2;/t23-,24?,27?;;/m0../s1. The zero-order chi connectivity index (χ0) is 26.5. The largest absolute Gasteiger partial charge is 0.0921 e. The second kappa shape index (κ2) is 14.5. The van der Waals surface area contributed by atoms with Gasteiger partial charge < -0.3 is 0 Å². The molecule has 208 valence electrons. The minimum Gasteiger partial charge on any atom is -0.0921 e. The van der Waals surface area contributed by atoms with Crippen molar-refractivity contribution in [1.82, 2.24) is 0 Å². The van der Waals surface area contributed by atoms with E-state index in [9.17, 15) is 0 Å². The third-order valence-electron chi connectivity index (χ3n) is 8.34. The molecule has 0 aliphatic heterocycles. The van der Waals surface area contributed by atoms with Gasteiger partial charge in [-0.15, -0.1) is 0 Å². The molecule has 0 heterocycles. The Kier molecular flexibility index (Phi) is 12.9. The molecule has 0 spiro atoms. The molecule has 2 unspecified atom stereocenters. The van der Waals surface area contributed by atoms with Gasteiger partial charge in [-0.2, -0.15) is 0 Å². The van der Waals surface area contributed by atoms with Gasteiger partial charge in [0.1, 0.15) is 0 Å². The molecular weight excluding hydrogens is 526 g/mol. The van der Waals surface area contributed by atoms with E-state index < -0.39 is 0 Å². The molecule has 3 atom stereocenters. The average Bonchev–Trinajstić information content (AvgIpc) is 3.50. The second-order valence-electron chi connectivity index (χ2n) is 13.3. The molecule has 0 N–H and O–H groups in total. The summed E-state index contributed by atoms with van der Waals surface area (Å²) in [4.78, 5) is 0. The van der Waals surface area contributed by atoms with E-state index in [1.165, 1.54) is 62.5 Å². The van der Waals surface area contributed by atoms with E-state index in [0.717, 1.165) is 11.6 Å². The molecule has 0 amide bonds. The fourth-order valence-corrected chi connectivity index (χ4v) is 15.8. The zero-order valence-corrected chi connectivity index (χ0v) is 28.1. The van der Waals surface area contributed by atoms with Crippen LogP contribution in [-0.2, 0) is 17.1 Å². The summed E-state index contributed by atoms with van der Waals surface area (Å²) in [6.45, 7) is 22.3. The van der Waals surface area contributed by atoms with Gasteiger partial charge in [-0.05, 0) is 83.9 Å². The van der Waals surface area contributed by atoms with Crippen molar-refractivity contribution in [2.24, 2.45) is 5.92 Å². The first-order valence-corrected chi connectivity index (χ1v) is 17.4. The molecule has 37 heavy (non-hydrogen) atoms. The third kappa shape index (κ3) is 8.65. The van der Waals surface area contributed by atoms with Crippen molar-refractivity contribution in [1.29, 1.82) is 0 Å². The smallest absolute Gasteiger partial charge is 0 e. The van der Waals surface area contributed by atoms with Gasteiger partial charge >= 0.3 is 0 Å². The number of aryl methyl sites for hydroxylation is 2. The number of rotatable bonds is 5. The summed E-state index contributed by atoms with van der Waals surface area (Å²) in [6, 6.07) is 18.4. The SMILES string of the molecule is C1CCCC1.Cc1ccccc1P(c1ccccc1C)[C@@H](C)C1CCCC1P(C(C)(C)C)C(C)(C)C.[Fe]. The predicted octanol–water partition coefficient (Wildman–Crippen LogP) is 10.3. The zero-order valence-electron chi connectivity index (χ0n) is 25.3. The molecule has 3 heteroatoms. The van der Waals surface area contributed by atoms with Gasteiger partial charge in [-0.3, -0.25) is 0 Å².